The van der Waals surface area contributed by atoms with E-state index in [1.165, 1.54) is 0 Å². The molecule has 1 amide bonds. The third-order valence-corrected chi connectivity index (χ3v) is 4.52. The van der Waals surface area contributed by atoms with E-state index in [0.717, 1.165) is 54.6 Å². The Morgan fingerprint density at radius 1 is 1.30 bits per heavy atom. The Bertz CT molecular complexity index is 474. The van der Waals surface area contributed by atoms with Crippen molar-refractivity contribution < 1.29 is 4.79 Å². The van der Waals surface area contributed by atoms with Crippen molar-refractivity contribution in [3.05, 3.63) is 29.3 Å². The van der Waals surface area contributed by atoms with Gasteiger partial charge in [-0.3, -0.25) is 4.79 Å². The highest BCUT2D eigenvalue weighted by atomic mass is 16.2. The van der Waals surface area contributed by atoms with Crippen molar-refractivity contribution >= 4 is 11.6 Å². The third-order valence-electron chi connectivity index (χ3n) is 4.52. The van der Waals surface area contributed by atoms with Crippen molar-refractivity contribution in [2.45, 2.75) is 33.6 Å². The smallest absolute Gasteiger partial charge is 0.254 e. The fourth-order valence-corrected chi connectivity index (χ4v) is 3.00. The van der Waals surface area contributed by atoms with Crippen LogP contribution in [0, 0.1) is 18.8 Å². The minimum Gasteiger partial charge on any atom is -0.388 e. The molecular weight excluding hydrogens is 248 g/mol. The maximum atomic E-state index is 12.6. The lowest BCUT2D eigenvalue weighted by Crippen LogP contribution is -2.39. The SMILES string of the molecule is CNc1ccc(C(=O)N2CCC(C(C)C)CC2)c(C)c1. The van der Waals surface area contributed by atoms with Gasteiger partial charge in [0.05, 0.1) is 0 Å². The van der Waals surface area contributed by atoms with Crippen LogP contribution in [0.25, 0.3) is 0 Å². The second-order valence-electron chi connectivity index (χ2n) is 6.15. The van der Waals surface area contributed by atoms with E-state index in [0.29, 0.717) is 0 Å². The van der Waals surface area contributed by atoms with Crippen molar-refractivity contribution in [2.24, 2.45) is 11.8 Å². The normalized spacial score (nSPS) is 16.6. The summed E-state index contributed by atoms with van der Waals surface area (Å²) in [7, 11) is 1.90. The van der Waals surface area contributed by atoms with E-state index in [1.807, 2.05) is 37.1 Å². The third kappa shape index (κ3) is 3.14. The Kier molecular flexibility index (Phi) is 4.69. The Hall–Kier alpha value is -1.51. The number of hydrogen-bond donors (Lipinski definition) is 1. The number of hydrogen-bond acceptors (Lipinski definition) is 2. The first-order chi connectivity index (χ1) is 9.52. The first-order valence-corrected chi connectivity index (χ1v) is 7.60. The molecule has 1 fully saturated rings. The van der Waals surface area contributed by atoms with E-state index in [1.54, 1.807) is 0 Å². The van der Waals surface area contributed by atoms with E-state index < -0.39 is 0 Å². The van der Waals surface area contributed by atoms with Crippen LogP contribution in [0.15, 0.2) is 18.2 Å². The zero-order valence-corrected chi connectivity index (χ0v) is 13.1. The van der Waals surface area contributed by atoms with Crippen molar-refractivity contribution in [1.29, 1.82) is 0 Å². The minimum atomic E-state index is 0.187. The van der Waals surface area contributed by atoms with Crippen LogP contribution in [-0.4, -0.2) is 30.9 Å². The maximum Gasteiger partial charge on any atom is 0.254 e. The summed E-state index contributed by atoms with van der Waals surface area (Å²) in [5, 5.41) is 3.11. The molecule has 1 aromatic carbocycles. The summed E-state index contributed by atoms with van der Waals surface area (Å²) in [5.74, 6) is 1.68. The van der Waals surface area contributed by atoms with Crippen LogP contribution in [-0.2, 0) is 0 Å². The van der Waals surface area contributed by atoms with Gasteiger partial charge in [-0.05, 0) is 55.4 Å². The molecule has 3 heteroatoms. The van der Waals surface area contributed by atoms with Crippen molar-refractivity contribution in [2.75, 3.05) is 25.5 Å². The average molecular weight is 274 g/mol. The lowest BCUT2D eigenvalue weighted by Gasteiger charge is -2.34. The number of carbonyl (C=O) groups excluding carboxylic acids is 1. The molecule has 1 N–H and O–H groups in total. The highest BCUT2D eigenvalue weighted by molar-refractivity contribution is 5.96. The Morgan fingerprint density at radius 2 is 1.95 bits per heavy atom. The van der Waals surface area contributed by atoms with Gasteiger partial charge in [-0.1, -0.05) is 13.8 Å². The van der Waals surface area contributed by atoms with Crippen LogP contribution < -0.4 is 5.32 Å². The number of rotatable bonds is 3. The maximum absolute atomic E-state index is 12.6. The largest absolute Gasteiger partial charge is 0.388 e. The van der Waals surface area contributed by atoms with Gasteiger partial charge in [-0.15, -0.1) is 0 Å². The molecule has 20 heavy (non-hydrogen) atoms. The first-order valence-electron chi connectivity index (χ1n) is 7.60. The Labute approximate surface area is 122 Å². The standard InChI is InChI=1S/C17H26N2O/c1-12(2)14-7-9-19(10-8-14)17(20)16-6-5-15(18-4)11-13(16)3/h5-6,11-12,14,18H,7-10H2,1-4H3. The topological polar surface area (TPSA) is 32.3 Å². The fourth-order valence-electron chi connectivity index (χ4n) is 3.00. The summed E-state index contributed by atoms with van der Waals surface area (Å²) in [4.78, 5) is 14.6. The van der Waals surface area contributed by atoms with Gasteiger partial charge in [0.1, 0.15) is 0 Å². The quantitative estimate of drug-likeness (QED) is 0.914. The number of aryl methyl sites for hydroxylation is 1. The number of benzene rings is 1. The fraction of sp³-hybridized carbons (Fsp3) is 0.588. The van der Waals surface area contributed by atoms with Crippen LogP contribution in [0.4, 0.5) is 5.69 Å². The molecule has 2 rings (SSSR count). The van der Waals surface area contributed by atoms with E-state index >= 15 is 0 Å². The molecule has 0 unspecified atom stereocenters. The molecule has 110 valence electrons. The summed E-state index contributed by atoms with van der Waals surface area (Å²) in [6.45, 7) is 8.37. The van der Waals surface area contributed by atoms with E-state index in [2.05, 4.69) is 19.2 Å². The zero-order valence-electron chi connectivity index (χ0n) is 13.1. The highest BCUT2D eigenvalue weighted by Crippen LogP contribution is 2.26. The molecule has 3 nitrogen and oxygen atoms in total. The molecule has 0 radical (unpaired) electrons. The summed E-state index contributed by atoms with van der Waals surface area (Å²) >= 11 is 0. The van der Waals surface area contributed by atoms with Gasteiger partial charge < -0.3 is 10.2 Å². The predicted octanol–water partition coefficient (Wildman–Crippen LogP) is 3.54. The predicted molar refractivity (Wildman–Crippen MR) is 84.2 cm³/mol. The number of carbonyl (C=O) groups is 1. The number of likely N-dealkylation sites (tertiary alicyclic amines) is 1. The van der Waals surface area contributed by atoms with Gasteiger partial charge in [-0.25, -0.2) is 0 Å². The second-order valence-corrected chi connectivity index (χ2v) is 6.15. The molecule has 0 spiro atoms. The van der Waals surface area contributed by atoms with Crippen LogP contribution in [0.3, 0.4) is 0 Å². The van der Waals surface area contributed by atoms with Crippen LogP contribution in [0.5, 0.6) is 0 Å². The molecular formula is C17H26N2O. The molecule has 0 saturated carbocycles. The average Bonchev–Trinajstić information content (AvgIpc) is 2.46. The van der Waals surface area contributed by atoms with E-state index in [9.17, 15) is 4.79 Å². The van der Waals surface area contributed by atoms with Gasteiger partial charge in [0.15, 0.2) is 0 Å². The van der Waals surface area contributed by atoms with E-state index in [4.69, 9.17) is 0 Å². The summed E-state index contributed by atoms with van der Waals surface area (Å²) in [6, 6.07) is 5.95. The molecule has 1 saturated heterocycles. The second kappa shape index (κ2) is 6.29. The van der Waals surface area contributed by atoms with Crippen molar-refractivity contribution in [1.82, 2.24) is 4.90 Å². The molecule has 0 aromatic heterocycles. The van der Waals surface area contributed by atoms with Gasteiger partial charge >= 0.3 is 0 Å². The number of nitrogens with zero attached hydrogens (tertiary/aromatic N) is 1. The molecule has 0 bridgehead atoms. The van der Waals surface area contributed by atoms with Crippen LogP contribution >= 0.6 is 0 Å². The van der Waals surface area contributed by atoms with Crippen molar-refractivity contribution in [3.8, 4) is 0 Å². The number of anilines is 1. The van der Waals surface area contributed by atoms with Gasteiger partial charge in [0, 0.05) is 31.4 Å². The molecule has 0 atom stereocenters. The summed E-state index contributed by atoms with van der Waals surface area (Å²) in [5.41, 5.74) is 2.94. The molecule has 1 heterocycles. The number of amides is 1. The zero-order chi connectivity index (χ0) is 14.7. The molecule has 1 aromatic rings. The molecule has 1 aliphatic heterocycles. The Balaban J connectivity index is 2.05. The molecule has 0 aliphatic carbocycles. The number of piperidine rings is 1. The lowest BCUT2D eigenvalue weighted by molar-refractivity contribution is 0.0667. The minimum absolute atomic E-state index is 0.187. The summed E-state index contributed by atoms with van der Waals surface area (Å²) < 4.78 is 0. The van der Waals surface area contributed by atoms with Gasteiger partial charge in [0.25, 0.3) is 5.91 Å². The highest BCUT2D eigenvalue weighted by Gasteiger charge is 2.25. The Morgan fingerprint density at radius 3 is 2.45 bits per heavy atom. The van der Waals surface area contributed by atoms with Gasteiger partial charge in [0.2, 0.25) is 0 Å². The lowest BCUT2D eigenvalue weighted by atomic mass is 9.86. The van der Waals surface area contributed by atoms with Crippen molar-refractivity contribution in [3.63, 3.8) is 0 Å². The first kappa shape index (κ1) is 14.9. The van der Waals surface area contributed by atoms with E-state index in [-0.39, 0.29) is 5.91 Å². The molecule has 1 aliphatic rings. The number of nitrogens with one attached hydrogen (secondary N) is 1. The van der Waals surface area contributed by atoms with Gasteiger partial charge in [-0.2, -0.15) is 0 Å². The summed E-state index contributed by atoms with van der Waals surface area (Å²) in [6.07, 6.45) is 2.27. The van der Waals surface area contributed by atoms with Crippen LogP contribution in [0.1, 0.15) is 42.6 Å². The van der Waals surface area contributed by atoms with Crippen LogP contribution in [0.2, 0.25) is 0 Å². The monoisotopic (exact) mass is 274 g/mol.